The maximum absolute atomic E-state index is 12.7. The van der Waals surface area contributed by atoms with E-state index in [4.69, 9.17) is 0 Å². The Labute approximate surface area is 272 Å². The van der Waals surface area contributed by atoms with E-state index >= 15 is 0 Å². The second kappa shape index (κ2) is 13.7. The number of aromatic hydroxyl groups is 1. The number of hydrogen-bond donors (Lipinski definition) is 4. The van der Waals surface area contributed by atoms with E-state index in [9.17, 15) is 19.8 Å². The fourth-order valence-electron chi connectivity index (χ4n) is 8.35. The number of aryl methyl sites for hydroxylation is 1. The number of nitrogens with zero attached hydrogens (tertiary/aromatic N) is 1. The Kier molecular flexibility index (Phi) is 9.47. The van der Waals surface area contributed by atoms with E-state index in [1.54, 1.807) is 24.5 Å². The summed E-state index contributed by atoms with van der Waals surface area (Å²) in [5, 5.41) is 27.8. The van der Waals surface area contributed by atoms with Crippen molar-refractivity contribution in [2.45, 2.75) is 89.2 Å². The number of nitrogens with one attached hydrogen (secondary N) is 2. The third-order valence-electron chi connectivity index (χ3n) is 11.0. The van der Waals surface area contributed by atoms with Gasteiger partial charge >= 0.3 is 0 Å². The number of phenols is 1. The van der Waals surface area contributed by atoms with Gasteiger partial charge in [0.05, 0.1) is 0 Å². The lowest BCUT2D eigenvalue weighted by atomic mass is 9.53. The van der Waals surface area contributed by atoms with Gasteiger partial charge in [-0.3, -0.25) is 14.6 Å². The van der Waals surface area contributed by atoms with Crippen LogP contribution in [-0.2, 0) is 17.8 Å². The molecule has 2 saturated carbocycles. The van der Waals surface area contributed by atoms with Crippen LogP contribution < -0.4 is 10.6 Å². The first-order valence-corrected chi connectivity index (χ1v) is 16.9. The van der Waals surface area contributed by atoms with Gasteiger partial charge in [-0.05, 0) is 134 Å². The van der Waals surface area contributed by atoms with Crippen molar-refractivity contribution < 1.29 is 19.8 Å². The van der Waals surface area contributed by atoms with Gasteiger partial charge < -0.3 is 20.8 Å². The van der Waals surface area contributed by atoms with E-state index in [1.165, 1.54) is 11.1 Å². The number of aliphatic hydroxyl groups is 1. The molecule has 0 unspecified atom stereocenters. The van der Waals surface area contributed by atoms with Crippen LogP contribution in [0.25, 0.3) is 0 Å². The highest BCUT2D eigenvalue weighted by molar-refractivity contribution is 5.94. The quantitative estimate of drug-likeness (QED) is 0.173. The van der Waals surface area contributed by atoms with Crippen LogP contribution in [0.5, 0.6) is 5.75 Å². The van der Waals surface area contributed by atoms with Crippen molar-refractivity contribution in [3.05, 3.63) is 94.8 Å². The smallest absolute Gasteiger partial charge is 0.251 e. The van der Waals surface area contributed by atoms with E-state index < -0.39 is 5.60 Å². The molecule has 3 aromatic rings. The first-order valence-electron chi connectivity index (χ1n) is 16.9. The number of pyridine rings is 1. The summed E-state index contributed by atoms with van der Waals surface area (Å²) in [5.41, 5.74) is 3.78. The average Bonchev–Trinajstić information content (AvgIpc) is 3.35. The number of rotatable bonds is 9. The zero-order valence-electron chi connectivity index (χ0n) is 26.7. The fraction of sp³-hybridized carbons (Fsp3) is 0.462. The highest BCUT2D eigenvalue weighted by Gasteiger charge is 2.61. The van der Waals surface area contributed by atoms with Gasteiger partial charge in [-0.1, -0.05) is 31.3 Å². The SMILES string of the molecule is C[C@]12CC[C@@H]3c4ccc(O)cc4CC[C@H]3[C@@H]1CC[C@@]2(O)C#Cc1ccc(C(=O)NCCCCCC(=O)NCc2ccncc2)cc1. The zero-order valence-corrected chi connectivity index (χ0v) is 26.7. The van der Waals surface area contributed by atoms with Crippen LogP contribution >= 0.6 is 0 Å². The van der Waals surface area contributed by atoms with E-state index in [0.29, 0.717) is 55.0 Å². The summed E-state index contributed by atoms with van der Waals surface area (Å²) < 4.78 is 0. The molecule has 46 heavy (non-hydrogen) atoms. The summed E-state index contributed by atoms with van der Waals surface area (Å²) in [5.74, 6) is 8.25. The van der Waals surface area contributed by atoms with Gasteiger partial charge in [0.2, 0.25) is 5.91 Å². The predicted octanol–water partition coefficient (Wildman–Crippen LogP) is 6.03. The first-order chi connectivity index (χ1) is 22.3. The lowest BCUT2D eigenvalue weighted by molar-refractivity contribution is -0.121. The number of carbonyl (C=O) groups is 2. The molecule has 4 N–H and O–H groups in total. The number of aromatic nitrogens is 1. The average molecular weight is 620 g/mol. The molecule has 240 valence electrons. The Morgan fingerprint density at radius 1 is 0.957 bits per heavy atom. The summed E-state index contributed by atoms with van der Waals surface area (Å²) in [6, 6.07) is 16.9. The van der Waals surface area contributed by atoms with Crippen LogP contribution in [0.2, 0.25) is 0 Å². The van der Waals surface area contributed by atoms with Crippen molar-refractivity contribution in [2.24, 2.45) is 17.3 Å². The summed E-state index contributed by atoms with van der Waals surface area (Å²) in [6.07, 6.45) is 12.0. The lowest BCUT2D eigenvalue weighted by Gasteiger charge is -2.52. The van der Waals surface area contributed by atoms with E-state index in [1.807, 2.05) is 36.4 Å². The van der Waals surface area contributed by atoms with Crippen LogP contribution in [0.15, 0.2) is 67.0 Å². The molecule has 2 fully saturated rings. The number of benzene rings is 2. The maximum atomic E-state index is 12.7. The van der Waals surface area contributed by atoms with Crippen LogP contribution in [0.4, 0.5) is 0 Å². The molecule has 0 radical (unpaired) electrons. The second-order valence-electron chi connectivity index (χ2n) is 13.7. The molecule has 0 spiro atoms. The highest BCUT2D eigenvalue weighted by Crippen LogP contribution is 2.64. The van der Waals surface area contributed by atoms with Crippen molar-refractivity contribution in [3.8, 4) is 17.6 Å². The molecule has 1 aromatic heterocycles. The van der Waals surface area contributed by atoms with Gasteiger partial charge in [0.15, 0.2) is 0 Å². The van der Waals surface area contributed by atoms with Gasteiger partial charge in [-0.15, -0.1) is 0 Å². The Bertz CT molecular complexity index is 1610. The molecule has 3 aliphatic rings. The monoisotopic (exact) mass is 619 g/mol. The normalized spacial score (nSPS) is 26.1. The molecule has 5 atom stereocenters. The van der Waals surface area contributed by atoms with Gasteiger partial charge in [0.25, 0.3) is 5.91 Å². The zero-order chi connectivity index (χ0) is 32.1. The van der Waals surface area contributed by atoms with E-state index in [0.717, 1.165) is 62.5 Å². The van der Waals surface area contributed by atoms with Crippen LogP contribution in [0, 0.1) is 29.1 Å². The largest absolute Gasteiger partial charge is 0.508 e. The number of amides is 2. The molecule has 7 heteroatoms. The van der Waals surface area contributed by atoms with E-state index in [2.05, 4.69) is 40.4 Å². The molecule has 6 rings (SSSR count). The predicted molar refractivity (Wildman–Crippen MR) is 178 cm³/mol. The third-order valence-corrected chi connectivity index (χ3v) is 11.0. The molecular weight excluding hydrogens is 574 g/mol. The van der Waals surface area contributed by atoms with E-state index in [-0.39, 0.29) is 17.2 Å². The number of phenolic OH excluding ortho intramolecular Hbond substituents is 1. The Morgan fingerprint density at radius 3 is 2.57 bits per heavy atom. The van der Waals surface area contributed by atoms with Crippen molar-refractivity contribution in [1.29, 1.82) is 0 Å². The van der Waals surface area contributed by atoms with Crippen LogP contribution in [-0.4, -0.2) is 39.2 Å². The van der Waals surface area contributed by atoms with Crippen molar-refractivity contribution in [3.63, 3.8) is 0 Å². The molecule has 3 aliphatic carbocycles. The van der Waals surface area contributed by atoms with Gasteiger partial charge in [0, 0.05) is 48.4 Å². The Balaban J connectivity index is 0.961. The van der Waals surface area contributed by atoms with Crippen molar-refractivity contribution in [2.75, 3.05) is 6.54 Å². The summed E-state index contributed by atoms with van der Waals surface area (Å²) in [4.78, 5) is 28.7. The minimum absolute atomic E-state index is 0.0309. The molecule has 7 nitrogen and oxygen atoms in total. The summed E-state index contributed by atoms with van der Waals surface area (Å²) in [6.45, 7) is 3.31. The molecule has 1 heterocycles. The topological polar surface area (TPSA) is 112 Å². The van der Waals surface area contributed by atoms with Crippen LogP contribution in [0.3, 0.4) is 0 Å². The Morgan fingerprint density at radius 2 is 1.76 bits per heavy atom. The molecule has 2 aromatic carbocycles. The minimum atomic E-state index is -1.03. The molecule has 2 amide bonds. The summed E-state index contributed by atoms with van der Waals surface area (Å²) >= 11 is 0. The van der Waals surface area contributed by atoms with Gasteiger partial charge in [0.1, 0.15) is 11.4 Å². The fourth-order valence-corrected chi connectivity index (χ4v) is 8.35. The Hall–Kier alpha value is -4.15. The first kappa shape index (κ1) is 31.8. The minimum Gasteiger partial charge on any atom is -0.508 e. The summed E-state index contributed by atoms with van der Waals surface area (Å²) in [7, 11) is 0. The van der Waals surface area contributed by atoms with Gasteiger partial charge in [-0.2, -0.15) is 0 Å². The highest BCUT2D eigenvalue weighted by atomic mass is 16.3. The van der Waals surface area contributed by atoms with Gasteiger partial charge in [-0.25, -0.2) is 0 Å². The second-order valence-corrected chi connectivity index (χ2v) is 13.7. The molecular formula is C39H45N3O4. The number of unbranched alkanes of at least 4 members (excludes halogenated alkanes) is 2. The number of fused-ring (bicyclic) bond motifs is 5. The lowest BCUT2D eigenvalue weighted by Crippen LogP contribution is -2.50. The van der Waals surface area contributed by atoms with Crippen molar-refractivity contribution in [1.82, 2.24) is 15.6 Å². The number of hydrogen-bond acceptors (Lipinski definition) is 5. The van der Waals surface area contributed by atoms with Crippen molar-refractivity contribution >= 4 is 11.8 Å². The molecule has 0 saturated heterocycles. The van der Waals surface area contributed by atoms with Crippen LogP contribution in [0.1, 0.15) is 103 Å². The molecule has 0 bridgehead atoms. The standard InChI is InChI=1S/C39H45N3O4/c1-38-19-15-33-32-13-11-31(43)25-30(32)10-12-34(33)35(38)16-21-39(38,46)20-14-27-6-8-29(9-7-27)37(45)41-22-4-2-3-5-36(44)42-26-28-17-23-40-24-18-28/h6-9,11,13,17-18,23-25,33-35,43,46H,2-5,10,12,15-16,19,21-22,26H2,1H3,(H,41,45)(H,42,44)/t33-,34-,35+,38+,39+/m1/s1. The molecule has 0 aliphatic heterocycles. The maximum Gasteiger partial charge on any atom is 0.251 e. The third kappa shape index (κ3) is 6.69. The number of carbonyl (C=O) groups excluding carboxylic acids is 2.